The molecule has 2 aliphatic heterocycles. The van der Waals surface area contributed by atoms with Crippen LogP contribution in [0.1, 0.15) is 10.4 Å². The fourth-order valence-electron chi connectivity index (χ4n) is 4.32. The quantitative estimate of drug-likeness (QED) is 0.427. The molecule has 3 aromatic rings. The molecule has 0 spiro atoms. The number of halogens is 3. The Balaban J connectivity index is 1.24. The first-order valence-electron chi connectivity index (χ1n) is 11.5. The summed E-state index contributed by atoms with van der Waals surface area (Å²) >= 11 is 18.3. The number of amides is 3. The summed E-state index contributed by atoms with van der Waals surface area (Å²) < 4.78 is 0. The lowest BCUT2D eigenvalue weighted by atomic mass is 10.1. The number of nitrogens with zero attached hydrogens (tertiary/aromatic N) is 3. The normalized spacial score (nSPS) is 16.0. The highest BCUT2D eigenvalue weighted by molar-refractivity contribution is 6.54. The first-order chi connectivity index (χ1) is 17.8. The Morgan fingerprint density at radius 1 is 0.784 bits per heavy atom. The Kier molecular flexibility index (Phi) is 7.11. The van der Waals surface area contributed by atoms with E-state index in [4.69, 9.17) is 34.8 Å². The van der Waals surface area contributed by atoms with Crippen molar-refractivity contribution < 1.29 is 14.4 Å². The molecule has 0 atom stereocenters. The predicted octanol–water partition coefficient (Wildman–Crippen LogP) is 5.39. The number of rotatable bonds is 5. The van der Waals surface area contributed by atoms with Crippen molar-refractivity contribution in [1.82, 2.24) is 4.90 Å². The van der Waals surface area contributed by atoms with E-state index in [9.17, 15) is 14.4 Å². The van der Waals surface area contributed by atoms with Gasteiger partial charge in [-0.25, -0.2) is 4.90 Å². The zero-order chi connectivity index (χ0) is 26.1. The van der Waals surface area contributed by atoms with Crippen molar-refractivity contribution in [3.63, 3.8) is 0 Å². The van der Waals surface area contributed by atoms with Crippen molar-refractivity contribution in [3.05, 3.63) is 99.1 Å². The number of nitrogens with one attached hydrogen (secondary N) is 1. The molecule has 1 fully saturated rings. The summed E-state index contributed by atoms with van der Waals surface area (Å²) in [7, 11) is 0. The zero-order valence-electron chi connectivity index (χ0n) is 19.5. The van der Waals surface area contributed by atoms with E-state index >= 15 is 0 Å². The Hall–Kier alpha value is -3.52. The van der Waals surface area contributed by atoms with E-state index in [-0.39, 0.29) is 27.3 Å². The number of hydrogen-bond acceptors (Lipinski definition) is 5. The smallest absolute Gasteiger partial charge is 0.283 e. The van der Waals surface area contributed by atoms with E-state index in [0.29, 0.717) is 29.4 Å². The molecule has 188 valence electrons. The molecule has 0 unspecified atom stereocenters. The predicted molar refractivity (Wildman–Crippen MR) is 146 cm³/mol. The van der Waals surface area contributed by atoms with Crippen molar-refractivity contribution in [1.29, 1.82) is 0 Å². The molecule has 0 aromatic heterocycles. The Labute approximate surface area is 228 Å². The summed E-state index contributed by atoms with van der Waals surface area (Å²) in [5.74, 6) is -1.40. The van der Waals surface area contributed by atoms with E-state index in [1.165, 1.54) is 18.2 Å². The van der Waals surface area contributed by atoms with E-state index < -0.39 is 11.8 Å². The fourth-order valence-corrected chi connectivity index (χ4v) is 5.03. The maximum Gasteiger partial charge on any atom is 0.283 e. The fraction of sp³-hybridized carbons (Fsp3) is 0.148. The van der Waals surface area contributed by atoms with Crippen molar-refractivity contribution >= 4 is 69.6 Å². The molecule has 2 aliphatic rings. The summed E-state index contributed by atoms with van der Waals surface area (Å²) in [4.78, 5) is 43.8. The minimum Gasteiger partial charge on any atom is -0.368 e. The highest BCUT2D eigenvalue weighted by atomic mass is 35.5. The lowest BCUT2D eigenvalue weighted by molar-refractivity contribution is -0.120. The molecule has 3 aromatic carbocycles. The third-order valence-electron chi connectivity index (χ3n) is 6.27. The number of anilines is 3. The van der Waals surface area contributed by atoms with Gasteiger partial charge in [0, 0.05) is 48.1 Å². The summed E-state index contributed by atoms with van der Waals surface area (Å²) in [6.45, 7) is 2.75. The molecule has 2 heterocycles. The van der Waals surface area contributed by atoms with Gasteiger partial charge in [-0.3, -0.25) is 14.4 Å². The number of carbonyl (C=O) groups excluding carboxylic acids is 3. The maximum atomic E-state index is 13.0. The van der Waals surface area contributed by atoms with E-state index in [2.05, 4.69) is 22.3 Å². The third kappa shape index (κ3) is 5.03. The molecular formula is C27H21Cl3N4O3. The molecule has 0 bridgehead atoms. The monoisotopic (exact) mass is 554 g/mol. The molecule has 3 amide bonds. The number of hydrogen-bond donors (Lipinski definition) is 1. The third-order valence-corrected chi connectivity index (χ3v) is 7.16. The van der Waals surface area contributed by atoms with Gasteiger partial charge in [-0.05, 0) is 54.6 Å². The second kappa shape index (κ2) is 10.5. The number of benzene rings is 3. The molecule has 10 heteroatoms. The SMILES string of the molecule is O=C(c1ccc(NC2=C(Cl)C(=O)N(c3ccc(Cl)cc3Cl)C2=O)cc1)N1CCN(c2ccccc2)CC1. The minimum atomic E-state index is -0.695. The van der Waals surface area contributed by atoms with E-state index in [1.54, 1.807) is 24.3 Å². The summed E-state index contributed by atoms with van der Waals surface area (Å²) in [6, 6.07) is 21.3. The second-order valence-corrected chi connectivity index (χ2v) is 9.77. The number of carbonyl (C=O) groups is 3. The molecule has 0 radical (unpaired) electrons. The van der Waals surface area contributed by atoms with E-state index in [0.717, 1.165) is 23.7 Å². The minimum absolute atomic E-state index is 0.0628. The van der Waals surface area contributed by atoms with Gasteiger partial charge in [0.15, 0.2) is 0 Å². The van der Waals surface area contributed by atoms with Crippen LogP contribution >= 0.6 is 34.8 Å². The standard InChI is InChI=1S/C27H21Cl3N4O3/c28-18-8-11-22(21(29)16-18)34-26(36)23(30)24(27(34)37)31-19-9-6-17(7-10-19)25(35)33-14-12-32(13-15-33)20-4-2-1-3-5-20/h1-11,16,31H,12-15H2. The van der Waals surface area contributed by atoms with Crippen molar-refractivity contribution in [3.8, 4) is 0 Å². The van der Waals surface area contributed by atoms with Crippen LogP contribution in [0.15, 0.2) is 83.5 Å². The molecule has 0 saturated carbocycles. The van der Waals surface area contributed by atoms with Gasteiger partial charge in [-0.2, -0.15) is 0 Å². The van der Waals surface area contributed by atoms with Crippen LogP contribution in [-0.2, 0) is 9.59 Å². The summed E-state index contributed by atoms with van der Waals surface area (Å²) in [5, 5.41) is 3.17. The highest BCUT2D eigenvalue weighted by Gasteiger charge is 2.40. The number of para-hydroxylation sites is 1. The molecule has 37 heavy (non-hydrogen) atoms. The molecule has 5 rings (SSSR count). The average Bonchev–Trinajstić information content (AvgIpc) is 3.12. The van der Waals surface area contributed by atoms with Gasteiger partial charge in [0.05, 0.1) is 10.7 Å². The average molecular weight is 556 g/mol. The molecule has 7 nitrogen and oxygen atoms in total. The Bertz CT molecular complexity index is 1400. The molecule has 1 saturated heterocycles. The maximum absolute atomic E-state index is 13.0. The topological polar surface area (TPSA) is 73.0 Å². The van der Waals surface area contributed by atoms with Crippen LogP contribution in [0.2, 0.25) is 10.0 Å². The first kappa shape index (κ1) is 25.1. The largest absolute Gasteiger partial charge is 0.368 e. The first-order valence-corrected chi connectivity index (χ1v) is 12.7. The van der Waals surface area contributed by atoms with Gasteiger partial charge in [0.1, 0.15) is 10.7 Å². The highest BCUT2D eigenvalue weighted by Crippen LogP contribution is 2.35. The van der Waals surface area contributed by atoms with Crippen LogP contribution < -0.4 is 15.1 Å². The molecule has 1 N–H and O–H groups in total. The van der Waals surface area contributed by atoms with Gasteiger partial charge >= 0.3 is 0 Å². The van der Waals surface area contributed by atoms with Gasteiger partial charge in [0.25, 0.3) is 17.7 Å². The summed E-state index contributed by atoms with van der Waals surface area (Å²) in [5.41, 5.74) is 2.29. The van der Waals surface area contributed by atoms with Gasteiger partial charge in [-0.1, -0.05) is 53.0 Å². The number of piperazine rings is 1. The van der Waals surface area contributed by atoms with E-state index in [1.807, 2.05) is 23.1 Å². The second-order valence-electron chi connectivity index (χ2n) is 8.55. The lowest BCUT2D eigenvalue weighted by Gasteiger charge is -2.36. The van der Waals surface area contributed by atoms with Crippen LogP contribution in [-0.4, -0.2) is 48.8 Å². The van der Waals surface area contributed by atoms with Gasteiger partial charge in [-0.15, -0.1) is 0 Å². The summed E-state index contributed by atoms with van der Waals surface area (Å²) in [6.07, 6.45) is 0. The zero-order valence-corrected chi connectivity index (χ0v) is 21.7. The van der Waals surface area contributed by atoms with Crippen LogP contribution in [0.4, 0.5) is 17.1 Å². The van der Waals surface area contributed by atoms with Crippen molar-refractivity contribution in [2.75, 3.05) is 41.3 Å². The van der Waals surface area contributed by atoms with Crippen LogP contribution in [0.5, 0.6) is 0 Å². The van der Waals surface area contributed by atoms with Gasteiger partial charge in [0.2, 0.25) is 0 Å². The number of imide groups is 1. The molecular weight excluding hydrogens is 535 g/mol. The van der Waals surface area contributed by atoms with Crippen molar-refractivity contribution in [2.24, 2.45) is 0 Å². The van der Waals surface area contributed by atoms with Crippen LogP contribution in [0.3, 0.4) is 0 Å². The lowest BCUT2D eigenvalue weighted by Crippen LogP contribution is -2.48. The van der Waals surface area contributed by atoms with Crippen LogP contribution in [0, 0.1) is 0 Å². The Morgan fingerprint density at radius 2 is 1.46 bits per heavy atom. The van der Waals surface area contributed by atoms with Crippen LogP contribution in [0.25, 0.3) is 0 Å². The molecule has 0 aliphatic carbocycles. The Morgan fingerprint density at radius 3 is 2.11 bits per heavy atom. The van der Waals surface area contributed by atoms with Crippen molar-refractivity contribution in [2.45, 2.75) is 0 Å². The van der Waals surface area contributed by atoms with Gasteiger partial charge < -0.3 is 15.1 Å².